The smallest absolute Gasteiger partial charge is 0.309 e. The molecule has 0 aliphatic carbocycles. The fraction of sp³-hybridized carbons (Fsp3) is 0.438. The summed E-state index contributed by atoms with van der Waals surface area (Å²) < 4.78 is 12.1. The summed E-state index contributed by atoms with van der Waals surface area (Å²) >= 11 is 0. The number of methoxy groups -OCH3 is 1. The van der Waals surface area contributed by atoms with E-state index in [0.29, 0.717) is 26.1 Å². The second kappa shape index (κ2) is 11.8. The molecular weight excluding hydrogens is 490 g/mol. The van der Waals surface area contributed by atoms with Crippen LogP contribution >= 0.6 is 0 Å². The average molecular weight is 530 g/mol. The molecule has 39 heavy (non-hydrogen) atoms. The van der Waals surface area contributed by atoms with Crippen molar-refractivity contribution in [3.8, 4) is 17.0 Å². The third-order valence-electron chi connectivity index (χ3n) is 8.41. The number of ether oxygens (including phenoxy) is 2. The molecule has 7 nitrogen and oxygen atoms in total. The number of carboxylic acid groups (broad SMARTS) is 1. The standard InChI is InChI=1S/C32H39N3O4/c1-21-7-5-8-26(28-9-6-10-30(33-28)35-18-15-27(32(36)37)29(19-35)38-4)31(21)39-20-24-12-11-23-13-16-34(3)17-14-25(23)22(24)2/h5-12,27,29H,13-20H2,1-4H3,(H,36,37)/t27-,29+/m0/s1. The van der Waals surface area contributed by atoms with Crippen molar-refractivity contribution in [2.45, 2.75) is 45.8 Å². The highest BCUT2D eigenvalue weighted by molar-refractivity contribution is 5.72. The van der Waals surface area contributed by atoms with Crippen molar-refractivity contribution >= 4 is 11.8 Å². The van der Waals surface area contributed by atoms with E-state index in [1.165, 1.54) is 22.3 Å². The van der Waals surface area contributed by atoms with Gasteiger partial charge in [-0.1, -0.05) is 30.3 Å². The van der Waals surface area contributed by atoms with E-state index in [2.05, 4.69) is 55.0 Å². The molecule has 3 aromatic rings. The van der Waals surface area contributed by atoms with E-state index in [1.807, 2.05) is 24.3 Å². The van der Waals surface area contributed by atoms with Gasteiger partial charge < -0.3 is 24.4 Å². The summed E-state index contributed by atoms with van der Waals surface area (Å²) in [5.41, 5.74) is 8.35. The Hall–Kier alpha value is -3.42. The number of carbonyl (C=O) groups is 1. The third kappa shape index (κ3) is 5.80. The average Bonchev–Trinajstić information content (AvgIpc) is 3.14. The Morgan fingerprint density at radius 2 is 1.85 bits per heavy atom. The molecule has 0 unspecified atom stereocenters. The van der Waals surface area contributed by atoms with Gasteiger partial charge in [0.05, 0.1) is 17.7 Å². The van der Waals surface area contributed by atoms with Gasteiger partial charge in [-0.2, -0.15) is 0 Å². The zero-order chi connectivity index (χ0) is 27.5. The Morgan fingerprint density at radius 3 is 2.64 bits per heavy atom. The Labute approximate surface area is 231 Å². The molecule has 0 bridgehead atoms. The highest BCUT2D eigenvalue weighted by Crippen LogP contribution is 2.35. The number of carboxylic acids is 1. The molecule has 1 N–H and O–H groups in total. The number of aryl methyl sites for hydroxylation is 1. The number of nitrogens with zero attached hydrogens (tertiary/aromatic N) is 3. The molecule has 7 heteroatoms. The SMILES string of the molecule is CO[C@@H]1CN(c2cccc(-c3cccc(C)c3OCc3ccc4c(c3C)CCN(C)CC4)n2)CC[C@@H]1C(=O)O. The molecule has 2 aliphatic rings. The lowest BCUT2D eigenvalue weighted by Crippen LogP contribution is -2.47. The third-order valence-corrected chi connectivity index (χ3v) is 8.41. The van der Waals surface area contributed by atoms with Gasteiger partial charge in [-0.3, -0.25) is 4.79 Å². The molecule has 0 spiro atoms. The van der Waals surface area contributed by atoms with Crippen LogP contribution in [0.25, 0.3) is 11.3 Å². The van der Waals surface area contributed by atoms with Crippen LogP contribution in [0.2, 0.25) is 0 Å². The number of benzene rings is 2. The number of likely N-dealkylation sites (N-methyl/N-ethyl adjacent to an activating group) is 1. The number of hydrogen-bond acceptors (Lipinski definition) is 6. The highest BCUT2D eigenvalue weighted by atomic mass is 16.5. The monoisotopic (exact) mass is 529 g/mol. The van der Waals surface area contributed by atoms with Gasteiger partial charge in [0.15, 0.2) is 0 Å². The number of aromatic nitrogens is 1. The van der Waals surface area contributed by atoms with E-state index in [0.717, 1.165) is 54.3 Å². The molecule has 0 saturated carbocycles. The number of rotatable bonds is 7. The van der Waals surface area contributed by atoms with Gasteiger partial charge in [-0.25, -0.2) is 4.98 Å². The van der Waals surface area contributed by atoms with Gasteiger partial charge >= 0.3 is 5.97 Å². The summed E-state index contributed by atoms with van der Waals surface area (Å²) in [6, 6.07) is 16.7. The normalized spacial score (nSPS) is 19.8. The van der Waals surface area contributed by atoms with Gasteiger partial charge in [0.25, 0.3) is 0 Å². The number of hydrogen-bond donors (Lipinski definition) is 1. The molecule has 0 radical (unpaired) electrons. The van der Waals surface area contributed by atoms with Gasteiger partial charge in [-0.15, -0.1) is 0 Å². The Kier molecular flexibility index (Phi) is 8.19. The number of para-hydroxylation sites is 1. The predicted molar refractivity (Wildman–Crippen MR) is 154 cm³/mol. The van der Waals surface area contributed by atoms with E-state index in [9.17, 15) is 9.90 Å². The van der Waals surface area contributed by atoms with Crippen LogP contribution in [0.4, 0.5) is 5.82 Å². The van der Waals surface area contributed by atoms with Crippen LogP contribution in [-0.2, 0) is 29.0 Å². The first-order valence-corrected chi connectivity index (χ1v) is 13.8. The number of pyridine rings is 1. The van der Waals surface area contributed by atoms with E-state index < -0.39 is 11.9 Å². The molecule has 5 rings (SSSR count). The topological polar surface area (TPSA) is 75.1 Å². The number of aliphatic carboxylic acids is 1. The summed E-state index contributed by atoms with van der Waals surface area (Å²) in [6.07, 6.45) is 2.32. The molecule has 1 aromatic heterocycles. The van der Waals surface area contributed by atoms with E-state index in [1.54, 1.807) is 7.11 Å². The molecule has 2 atom stereocenters. The van der Waals surface area contributed by atoms with Crippen molar-refractivity contribution in [2.75, 3.05) is 45.2 Å². The van der Waals surface area contributed by atoms with E-state index in [4.69, 9.17) is 14.5 Å². The predicted octanol–water partition coefficient (Wildman–Crippen LogP) is 4.90. The van der Waals surface area contributed by atoms with Crippen molar-refractivity contribution in [1.29, 1.82) is 0 Å². The number of anilines is 1. The lowest BCUT2D eigenvalue weighted by Gasteiger charge is -2.36. The first kappa shape index (κ1) is 27.2. The summed E-state index contributed by atoms with van der Waals surface area (Å²) in [7, 11) is 3.77. The van der Waals surface area contributed by atoms with E-state index in [-0.39, 0.29) is 6.10 Å². The number of piperidine rings is 1. The quantitative estimate of drug-likeness (QED) is 0.467. The summed E-state index contributed by atoms with van der Waals surface area (Å²) in [5.74, 6) is 0.360. The maximum absolute atomic E-state index is 11.6. The van der Waals surface area contributed by atoms with Crippen molar-refractivity contribution < 1.29 is 19.4 Å². The van der Waals surface area contributed by atoms with Crippen LogP contribution in [0.5, 0.6) is 5.75 Å². The van der Waals surface area contributed by atoms with Crippen molar-refractivity contribution in [3.05, 3.63) is 76.3 Å². The summed E-state index contributed by atoms with van der Waals surface area (Å²) in [4.78, 5) is 21.1. The fourth-order valence-electron chi connectivity index (χ4n) is 5.92. The minimum atomic E-state index is -0.804. The summed E-state index contributed by atoms with van der Waals surface area (Å²) in [6.45, 7) is 8.11. The zero-order valence-corrected chi connectivity index (χ0v) is 23.4. The Balaban J connectivity index is 1.38. The van der Waals surface area contributed by atoms with Crippen LogP contribution in [0.1, 0.15) is 34.2 Å². The molecule has 3 heterocycles. The van der Waals surface area contributed by atoms with Crippen molar-refractivity contribution in [3.63, 3.8) is 0 Å². The molecule has 2 aromatic carbocycles. The van der Waals surface area contributed by atoms with Gasteiger partial charge in [0.2, 0.25) is 0 Å². The van der Waals surface area contributed by atoms with Crippen molar-refractivity contribution in [1.82, 2.24) is 9.88 Å². The van der Waals surface area contributed by atoms with Crippen LogP contribution in [0, 0.1) is 19.8 Å². The van der Waals surface area contributed by atoms with E-state index >= 15 is 0 Å². The van der Waals surface area contributed by atoms with Crippen molar-refractivity contribution in [2.24, 2.45) is 5.92 Å². The van der Waals surface area contributed by atoms with Crippen LogP contribution in [-0.4, -0.2) is 67.4 Å². The second-order valence-corrected chi connectivity index (χ2v) is 10.9. The second-order valence-electron chi connectivity index (χ2n) is 10.9. The lowest BCUT2D eigenvalue weighted by atomic mass is 9.94. The minimum Gasteiger partial charge on any atom is -0.488 e. The maximum atomic E-state index is 11.6. The Bertz CT molecular complexity index is 1340. The minimum absolute atomic E-state index is 0.371. The largest absolute Gasteiger partial charge is 0.488 e. The van der Waals surface area contributed by atoms with Crippen LogP contribution < -0.4 is 9.64 Å². The molecule has 2 aliphatic heterocycles. The zero-order valence-electron chi connectivity index (χ0n) is 23.4. The van der Waals surface area contributed by atoms with Crippen LogP contribution in [0.3, 0.4) is 0 Å². The first-order chi connectivity index (χ1) is 18.9. The maximum Gasteiger partial charge on any atom is 0.309 e. The van der Waals surface area contributed by atoms with Gasteiger partial charge in [0.1, 0.15) is 18.2 Å². The van der Waals surface area contributed by atoms with Gasteiger partial charge in [0, 0.05) is 38.9 Å². The molecule has 206 valence electrons. The molecular formula is C32H39N3O4. The van der Waals surface area contributed by atoms with Crippen LogP contribution in [0.15, 0.2) is 48.5 Å². The van der Waals surface area contributed by atoms with Gasteiger partial charge in [-0.05, 0) is 86.2 Å². The fourth-order valence-corrected chi connectivity index (χ4v) is 5.92. The lowest BCUT2D eigenvalue weighted by molar-refractivity contribution is -0.147. The molecule has 1 saturated heterocycles. The molecule has 0 amide bonds. The summed E-state index contributed by atoms with van der Waals surface area (Å²) in [5, 5.41) is 9.55. The highest BCUT2D eigenvalue weighted by Gasteiger charge is 2.34. The first-order valence-electron chi connectivity index (χ1n) is 13.8. The Morgan fingerprint density at radius 1 is 1.05 bits per heavy atom. The molecule has 1 fully saturated rings. The number of fused-ring (bicyclic) bond motifs is 1.